The van der Waals surface area contributed by atoms with E-state index in [-0.39, 0.29) is 12.5 Å². The molecule has 0 aliphatic carbocycles. The molecule has 0 heterocycles. The summed E-state index contributed by atoms with van der Waals surface area (Å²) < 4.78 is 0. The Balaban J connectivity index is 2.45. The van der Waals surface area contributed by atoms with Gasteiger partial charge in [-0.05, 0) is 24.3 Å². The van der Waals surface area contributed by atoms with Crippen molar-refractivity contribution in [2.45, 2.75) is 0 Å². The number of rotatable bonds is 6. The fourth-order valence-corrected chi connectivity index (χ4v) is 1.27. The van der Waals surface area contributed by atoms with E-state index in [1.807, 2.05) is 0 Å². The molecular formula is C12H16N4O2. The number of urea groups is 1. The van der Waals surface area contributed by atoms with Crippen LogP contribution in [0.15, 0.2) is 36.9 Å². The molecule has 1 rings (SSSR count). The first-order chi connectivity index (χ1) is 8.61. The lowest BCUT2D eigenvalue weighted by Gasteiger charge is -2.07. The molecule has 96 valence electrons. The molecule has 0 aliphatic heterocycles. The highest BCUT2D eigenvalue weighted by molar-refractivity contribution is 5.93. The number of amides is 3. The molecule has 0 atom stereocenters. The molecule has 1 aromatic carbocycles. The molecular weight excluding hydrogens is 232 g/mol. The minimum absolute atomic E-state index is 0.146. The number of hydrogen-bond donors (Lipinski definition) is 4. The molecule has 18 heavy (non-hydrogen) atoms. The number of primary amides is 1. The predicted octanol–water partition coefficient (Wildman–Crippen LogP) is 0.891. The first-order valence-electron chi connectivity index (χ1n) is 5.40. The van der Waals surface area contributed by atoms with E-state index in [9.17, 15) is 9.59 Å². The number of nitrogens with one attached hydrogen (secondary N) is 3. The molecule has 0 fully saturated rings. The van der Waals surface area contributed by atoms with Gasteiger partial charge >= 0.3 is 6.03 Å². The third-order valence-corrected chi connectivity index (χ3v) is 2.01. The van der Waals surface area contributed by atoms with Gasteiger partial charge in [0, 0.05) is 17.9 Å². The maximum absolute atomic E-state index is 11.5. The summed E-state index contributed by atoms with van der Waals surface area (Å²) in [5, 5.41) is 8.02. The number of carbonyl (C=O) groups excluding carboxylic acids is 2. The molecule has 5 N–H and O–H groups in total. The van der Waals surface area contributed by atoms with Gasteiger partial charge in [0.25, 0.3) is 0 Å². The maximum Gasteiger partial charge on any atom is 0.316 e. The molecule has 6 nitrogen and oxygen atoms in total. The fourth-order valence-electron chi connectivity index (χ4n) is 1.27. The highest BCUT2D eigenvalue weighted by atomic mass is 16.2. The standard InChI is InChI=1S/C12H16N4O2/c1-2-7-14-8-11(17)15-9-3-5-10(6-4-9)16-12(13)18/h2-6,14H,1,7-8H2,(H,15,17)(H3,13,16,18). The van der Waals surface area contributed by atoms with Gasteiger partial charge in [-0.15, -0.1) is 6.58 Å². The van der Waals surface area contributed by atoms with Gasteiger partial charge in [-0.1, -0.05) is 6.08 Å². The van der Waals surface area contributed by atoms with E-state index < -0.39 is 6.03 Å². The van der Waals surface area contributed by atoms with Crippen LogP contribution in [0.5, 0.6) is 0 Å². The van der Waals surface area contributed by atoms with E-state index in [1.165, 1.54) is 0 Å². The van der Waals surface area contributed by atoms with E-state index in [0.29, 0.717) is 17.9 Å². The maximum atomic E-state index is 11.5. The third-order valence-electron chi connectivity index (χ3n) is 2.01. The van der Waals surface area contributed by atoms with Crippen LogP contribution >= 0.6 is 0 Å². The van der Waals surface area contributed by atoms with Crippen LogP contribution in [0.25, 0.3) is 0 Å². The largest absolute Gasteiger partial charge is 0.351 e. The van der Waals surface area contributed by atoms with Crippen LogP contribution in [0, 0.1) is 0 Å². The quantitative estimate of drug-likeness (QED) is 0.444. The lowest BCUT2D eigenvalue weighted by Crippen LogP contribution is -2.28. The molecule has 0 spiro atoms. The molecule has 0 unspecified atom stereocenters. The summed E-state index contributed by atoms with van der Waals surface area (Å²) in [6.45, 7) is 4.33. The zero-order valence-corrected chi connectivity index (χ0v) is 9.90. The summed E-state index contributed by atoms with van der Waals surface area (Å²) in [6.07, 6.45) is 1.68. The Labute approximate surface area is 105 Å². The normalized spacial score (nSPS) is 9.56. The van der Waals surface area contributed by atoms with Crippen molar-refractivity contribution in [2.75, 3.05) is 23.7 Å². The molecule has 0 aliphatic rings. The van der Waals surface area contributed by atoms with Crippen molar-refractivity contribution in [3.63, 3.8) is 0 Å². The Bertz CT molecular complexity index is 428. The summed E-state index contributed by atoms with van der Waals surface area (Å²) in [6, 6.07) is 6.03. The minimum atomic E-state index is -0.625. The van der Waals surface area contributed by atoms with Gasteiger partial charge < -0.3 is 21.7 Å². The first-order valence-corrected chi connectivity index (χ1v) is 5.40. The summed E-state index contributed by atoms with van der Waals surface area (Å²) in [7, 11) is 0. The molecule has 0 saturated carbocycles. The third kappa shape index (κ3) is 5.13. The number of carbonyl (C=O) groups is 2. The number of benzene rings is 1. The van der Waals surface area contributed by atoms with E-state index in [4.69, 9.17) is 5.73 Å². The molecule has 3 amide bonds. The van der Waals surface area contributed by atoms with Crippen LogP contribution in [0.2, 0.25) is 0 Å². The van der Waals surface area contributed by atoms with Crippen LogP contribution < -0.4 is 21.7 Å². The Morgan fingerprint density at radius 3 is 2.22 bits per heavy atom. The Kier molecular flexibility index (Phi) is 5.40. The second kappa shape index (κ2) is 7.08. The average Bonchev–Trinajstić information content (AvgIpc) is 2.31. The average molecular weight is 248 g/mol. The van der Waals surface area contributed by atoms with Crippen LogP contribution in [-0.4, -0.2) is 25.0 Å². The molecule has 0 radical (unpaired) electrons. The van der Waals surface area contributed by atoms with Crippen molar-refractivity contribution >= 4 is 23.3 Å². The summed E-state index contributed by atoms with van der Waals surface area (Å²) in [4.78, 5) is 22.1. The van der Waals surface area contributed by atoms with Crippen LogP contribution in [0.3, 0.4) is 0 Å². The highest BCUT2D eigenvalue weighted by Crippen LogP contribution is 2.12. The molecule has 0 bridgehead atoms. The van der Waals surface area contributed by atoms with Gasteiger partial charge in [-0.25, -0.2) is 4.79 Å². The van der Waals surface area contributed by atoms with Crippen molar-refractivity contribution in [2.24, 2.45) is 5.73 Å². The second-order valence-corrected chi connectivity index (χ2v) is 3.53. The fraction of sp³-hybridized carbons (Fsp3) is 0.167. The van der Waals surface area contributed by atoms with Crippen LogP contribution in [0.1, 0.15) is 0 Å². The zero-order chi connectivity index (χ0) is 13.4. The number of hydrogen-bond acceptors (Lipinski definition) is 3. The van der Waals surface area contributed by atoms with Gasteiger partial charge in [-0.2, -0.15) is 0 Å². The monoisotopic (exact) mass is 248 g/mol. The van der Waals surface area contributed by atoms with Crippen LogP contribution in [0.4, 0.5) is 16.2 Å². The van der Waals surface area contributed by atoms with Crippen molar-refractivity contribution in [1.82, 2.24) is 5.32 Å². The topological polar surface area (TPSA) is 96.2 Å². The second-order valence-electron chi connectivity index (χ2n) is 3.53. The zero-order valence-electron chi connectivity index (χ0n) is 9.90. The van der Waals surface area contributed by atoms with Gasteiger partial charge in [0.1, 0.15) is 0 Å². The van der Waals surface area contributed by atoms with Gasteiger partial charge in [-0.3, -0.25) is 4.79 Å². The van der Waals surface area contributed by atoms with Crippen LogP contribution in [-0.2, 0) is 4.79 Å². The SMILES string of the molecule is C=CCNCC(=O)Nc1ccc(NC(N)=O)cc1. The summed E-state index contributed by atoms with van der Waals surface area (Å²) >= 11 is 0. The van der Waals surface area contributed by atoms with Crippen molar-refractivity contribution in [3.8, 4) is 0 Å². The first kappa shape index (κ1) is 13.7. The number of nitrogens with two attached hydrogens (primary N) is 1. The lowest BCUT2D eigenvalue weighted by atomic mass is 10.3. The summed E-state index contributed by atoms with van der Waals surface area (Å²) in [5.74, 6) is -0.146. The highest BCUT2D eigenvalue weighted by Gasteiger charge is 2.01. The van der Waals surface area contributed by atoms with E-state index in [2.05, 4.69) is 22.5 Å². The smallest absolute Gasteiger partial charge is 0.316 e. The van der Waals surface area contributed by atoms with E-state index in [0.717, 1.165) is 0 Å². The molecule has 0 saturated heterocycles. The minimum Gasteiger partial charge on any atom is -0.351 e. The van der Waals surface area contributed by atoms with Gasteiger partial charge in [0.2, 0.25) is 5.91 Å². The lowest BCUT2D eigenvalue weighted by molar-refractivity contribution is -0.115. The Morgan fingerprint density at radius 1 is 1.17 bits per heavy atom. The van der Waals surface area contributed by atoms with Crippen molar-refractivity contribution in [1.29, 1.82) is 0 Å². The van der Waals surface area contributed by atoms with E-state index >= 15 is 0 Å². The Morgan fingerprint density at radius 2 is 1.72 bits per heavy atom. The summed E-state index contributed by atoms with van der Waals surface area (Å²) in [5.41, 5.74) is 6.20. The van der Waals surface area contributed by atoms with Crippen molar-refractivity contribution < 1.29 is 9.59 Å². The molecule has 1 aromatic rings. The molecule has 6 heteroatoms. The number of anilines is 2. The van der Waals surface area contributed by atoms with Gasteiger partial charge in [0.15, 0.2) is 0 Å². The molecule has 0 aromatic heterocycles. The van der Waals surface area contributed by atoms with E-state index in [1.54, 1.807) is 30.3 Å². The predicted molar refractivity (Wildman–Crippen MR) is 71.3 cm³/mol. The van der Waals surface area contributed by atoms with Crippen molar-refractivity contribution in [3.05, 3.63) is 36.9 Å². The van der Waals surface area contributed by atoms with Gasteiger partial charge in [0.05, 0.1) is 6.54 Å². The Hall–Kier alpha value is -2.34.